The van der Waals surface area contributed by atoms with Crippen molar-refractivity contribution in [3.8, 4) is 0 Å². The van der Waals surface area contributed by atoms with Gasteiger partial charge in [0.25, 0.3) is 0 Å². The van der Waals surface area contributed by atoms with E-state index in [4.69, 9.17) is 9.47 Å². The first-order valence-electron chi connectivity index (χ1n) is 23.5. The lowest BCUT2D eigenvalue weighted by Crippen LogP contribution is -2.54. The van der Waals surface area contributed by atoms with Gasteiger partial charge in [-0.05, 0) is 208 Å². The van der Waals surface area contributed by atoms with Gasteiger partial charge >= 0.3 is 11.9 Å². The first-order chi connectivity index (χ1) is 25.7. The highest BCUT2D eigenvalue weighted by Gasteiger charge is 2.62. The van der Waals surface area contributed by atoms with Crippen LogP contribution in [0.1, 0.15) is 183 Å². The van der Waals surface area contributed by atoms with Gasteiger partial charge in [0.1, 0.15) is 11.9 Å². The second-order valence-electron chi connectivity index (χ2n) is 22.5. The van der Waals surface area contributed by atoms with Crippen molar-refractivity contribution in [1.82, 2.24) is 0 Å². The molecule has 8 fully saturated rings. The van der Waals surface area contributed by atoms with Gasteiger partial charge in [0.2, 0.25) is 0 Å². The number of ether oxygens (including phenoxy) is 2. The Morgan fingerprint density at radius 2 is 1.11 bits per heavy atom. The Hall–Kier alpha value is -1.39. The average molecular weight is 747 g/mol. The molecule has 0 radical (unpaired) electrons. The van der Waals surface area contributed by atoms with Gasteiger partial charge in [-0.25, -0.2) is 0 Å². The van der Waals surface area contributed by atoms with Gasteiger partial charge in [-0.1, -0.05) is 41.5 Å². The van der Waals surface area contributed by atoms with E-state index in [1.807, 2.05) is 0 Å². The van der Waals surface area contributed by atoms with Crippen LogP contribution >= 0.6 is 0 Å². The second-order valence-corrected chi connectivity index (χ2v) is 22.5. The van der Waals surface area contributed by atoms with E-state index in [2.05, 4.69) is 41.5 Å². The molecule has 17 atom stereocenters. The van der Waals surface area contributed by atoms with E-state index in [0.717, 1.165) is 92.3 Å². The lowest BCUT2D eigenvalue weighted by Gasteiger charge is -2.61. The largest absolute Gasteiger partial charge is 0.469 e. The lowest BCUT2D eigenvalue weighted by molar-refractivity contribution is -0.163. The number of carbonyl (C=O) groups is 3. The quantitative estimate of drug-likeness (QED) is 0.220. The van der Waals surface area contributed by atoms with Crippen LogP contribution in [0.5, 0.6) is 0 Å². The summed E-state index contributed by atoms with van der Waals surface area (Å²) in [5.74, 6) is 9.38. The second kappa shape index (κ2) is 14.8. The average Bonchev–Trinajstić information content (AvgIpc) is 3.70. The molecule has 0 aromatic carbocycles. The summed E-state index contributed by atoms with van der Waals surface area (Å²) in [5.41, 5.74) is 1.58. The Labute approximate surface area is 329 Å². The Balaban J connectivity index is 0.820. The number of methoxy groups -OCH3 is 1. The molecule has 0 spiro atoms. The minimum absolute atomic E-state index is 0.0613. The molecule has 5 heteroatoms. The molecular weight excluding hydrogens is 669 g/mol. The Bertz CT molecular complexity index is 1420. The van der Waals surface area contributed by atoms with Gasteiger partial charge in [-0.2, -0.15) is 0 Å². The van der Waals surface area contributed by atoms with Gasteiger partial charge in [0.05, 0.1) is 7.11 Å². The number of hydrogen-bond donors (Lipinski definition) is 0. The molecule has 0 saturated heterocycles. The topological polar surface area (TPSA) is 69.7 Å². The SMILES string of the molecule is COC(=O)CC[C@@H](C)[C@H]1CC[C@H]2[C@@H]3CC[C@@H]4C[C@H](OC(=O)CC[C@@H](C)[C@H]5CC[C@H]6[C@@H]7CC[C@@H]8CC(=O)CC[C@]8(C)[C@H]7CC[C@]56C)CC[C@]4(C)[C@H]3CC[C@]12C. The third kappa shape index (κ3) is 6.48. The Kier molecular flexibility index (Phi) is 10.8. The molecule has 0 aliphatic heterocycles. The van der Waals surface area contributed by atoms with Crippen LogP contribution in [0.4, 0.5) is 0 Å². The number of fused-ring (bicyclic) bond motifs is 10. The van der Waals surface area contributed by atoms with Crippen molar-refractivity contribution < 1.29 is 23.9 Å². The van der Waals surface area contributed by atoms with Crippen molar-refractivity contribution >= 4 is 17.7 Å². The van der Waals surface area contributed by atoms with Crippen molar-refractivity contribution in [3.63, 3.8) is 0 Å². The van der Waals surface area contributed by atoms with E-state index in [-0.39, 0.29) is 18.0 Å². The molecule has 0 bridgehead atoms. The van der Waals surface area contributed by atoms with E-state index in [0.29, 0.717) is 64.0 Å². The summed E-state index contributed by atoms with van der Waals surface area (Å²) >= 11 is 0. The van der Waals surface area contributed by atoms with E-state index >= 15 is 0 Å². The molecule has 8 rings (SSSR count). The molecule has 8 aliphatic rings. The van der Waals surface area contributed by atoms with Crippen LogP contribution in [0.2, 0.25) is 0 Å². The van der Waals surface area contributed by atoms with Gasteiger partial charge in [0.15, 0.2) is 0 Å². The summed E-state index contributed by atoms with van der Waals surface area (Å²) in [6.45, 7) is 15.3. The van der Waals surface area contributed by atoms with Crippen LogP contribution in [0.15, 0.2) is 0 Å². The van der Waals surface area contributed by atoms with Gasteiger partial charge in [-0.3, -0.25) is 14.4 Å². The van der Waals surface area contributed by atoms with Crippen molar-refractivity contribution in [1.29, 1.82) is 0 Å². The van der Waals surface area contributed by atoms with Crippen LogP contribution in [0.3, 0.4) is 0 Å². The third-order valence-electron chi connectivity index (χ3n) is 20.8. The minimum Gasteiger partial charge on any atom is -0.469 e. The first kappa shape index (κ1) is 39.4. The zero-order valence-electron chi connectivity index (χ0n) is 35.6. The van der Waals surface area contributed by atoms with Crippen molar-refractivity contribution in [3.05, 3.63) is 0 Å². The maximum absolute atomic E-state index is 13.5. The Morgan fingerprint density at radius 1 is 0.611 bits per heavy atom. The third-order valence-corrected chi connectivity index (χ3v) is 20.8. The molecule has 304 valence electrons. The van der Waals surface area contributed by atoms with Crippen LogP contribution in [0, 0.1) is 92.7 Å². The highest BCUT2D eigenvalue weighted by molar-refractivity contribution is 5.79. The molecule has 8 aliphatic carbocycles. The molecule has 0 aromatic rings. The summed E-state index contributed by atoms with van der Waals surface area (Å²) in [7, 11) is 1.51. The summed E-state index contributed by atoms with van der Waals surface area (Å²) in [6, 6.07) is 0. The number of Topliss-reactive ketones (excluding diaryl/α,β-unsaturated/α-hetero) is 1. The van der Waals surface area contributed by atoms with Crippen LogP contribution in [0.25, 0.3) is 0 Å². The Morgan fingerprint density at radius 3 is 1.69 bits per heavy atom. The molecule has 0 unspecified atom stereocenters. The fraction of sp³-hybridized carbons (Fsp3) is 0.939. The lowest BCUT2D eigenvalue weighted by atomic mass is 9.44. The summed E-state index contributed by atoms with van der Waals surface area (Å²) in [6.07, 6.45) is 25.4. The predicted molar refractivity (Wildman–Crippen MR) is 214 cm³/mol. The number of ketones is 1. The normalized spacial score (nSPS) is 49.2. The maximum Gasteiger partial charge on any atom is 0.306 e. The molecule has 0 N–H and O–H groups in total. The van der Waals surface area contributed by atoms with E-state index in [1.54, 1.807) is 0 Å². The van der Waals surface area contributed by atoms with E-state index < -0.39 is 0 Å². The highest BCUT2D eigenvalue weighted by Crippen LogP contribution is 2.70. The van der Waals surface area contributed by atoms with Crippen LogP contribution in [-0.4, -0.2) is 30.9 Å². The highest BCUT2D eigenvalue weighted by atomic mass is 16.5. The standard InChI is InChI=1S/C49H78O5/c1-30(8-18-44(51)53-7)38-14-16-41-37-13-11-33-29-35(21-25-47(33,4)43(37)23-27-48(38,41)5)54-45(52)19-9-31(2)39-15-17-40-36-12-10-32-28-34(50)20-24-46(32,3)42(36)22-26-49(39,40)6/h30-33,35-43H,8-29H2,1-7H3/t30-,31-,32-,33-,35-,36+,37+,38-,39-,40+,41+,42+,43+,46+,47+,48-,49-/m1/s1. The predicted octanol–water partition coefficient (Wildman–Crippen LogP) is 11.8. The van der Waals surface area contributed by atoms with Crippen molar-refractivity contribution in [2.75, 3.05) is 7.11 Å². The monoisotopic (exact) mass is 747 g/mol. The smallest absolute Gasteiger partial charge is 0.306 e. The molecule has 5 nitrogen and oxygen atoms in total. The molecule has 0 aromatic heterocycles. The summed E-state index contributed by atoms with van der Waals surface area (Å²) in [5, 5.41) is 0. The number of carbonyl (C=O) groups excluding carboxylic acids is 3. The number of esters is 2. The maximum atomic E-state index is 13.5. The minimum atomic E-state index is -0.0613. The summed E-state index contributed by atoms with van der Waals surface area (Å²) < 4.78 is 11.4. The first-order valence-corrected chi connectivity index (χ1v) is 23.5. The van der Waals surface area contributed by atoms with E-state index in [1.165, 1.54) is 90.6 Å². The molecule has 54 heavy (non-hydrogen) atoms. The van der Waals surface area contributed by atoms with Gasteiger partial charge in [0, 0.05) is 25.7 Å². The fourth-order valence-electron chi connectivity index (χ4n) is 17.8. The van der Waals surface area contributed by atoms with Crippen molar-refractivity contribution in [2.24, 2.45) is 92.7 Å². The molecular formula is C49H78O5. The molecule has 8 saturated carbocycles. The molecule has 0 amide bonds. The number of rotatable bonds is 9. The van der Waals surface area contributed by atoms with Gasteiger partial charge < -0.3 is 9.47 Å². The van der Waals surface area contributed by atoms with Crippen LogP contribution < -0.4 is 0 Å². The molecule has 0 heterocycles. The zero-order chi connectivity index (χ0) is 38.2. The summed E-state index contributed by atoms with van der Waals surface area (Å²) in [4.78, 5) is 37.8. The zero-order valence-corrected chi connectivity index (χ0v) is 35.6. The number of hydrogen-bond acceptors (Lipinski definition) is 5. The van der Waals surface area contributed by atoms with Crippen molar-refractivity contribution in [2.45, 2.75) is 189 Å². The van der Waals surface area contributed by atoms with Crippen LogP contribution in [-0.2, 0) is 23.9 Å². The van der Waals surface area contributed by atoms with Gasteiger partial charge in [-0.15, -0.1) is 0 Å². The van der Waals surface area contributed by atoms with E-state index in [9.17, 15) is 14.4 Å². The fourth-order valence-corrected chi connectivity index (χ4v) is 17.8.